The van der Waals surface area contributed by atoms with Crippen LogP contribution < -0.4 is 11.0 Å². The first-order valence-electron chi connectivity index (χ1n) is 4.15. The molecule has 0 spiro atoms. The summed E-state index contributed by atoms with van der Waals surface area (Å²) < 4.78 is 3.49. The zero-order chi connectivity index (χ0) is 8.72. The van der Waals surface area contributed by atoms with Gasteiger partial charge in [0.25, 0.3) is 0 Å². The Morgan fingerprint density at radius 3 is 2.58 bits per heavy atom. The van der Waals surface area contributed by atoms with Gasteiger partial charge in [0.1, 0.15) is 0 Å². The van der Waals surface area contributed by atoms with Crippen LogP contribution in [0.1, 0.15) is 11.7 Å². The molecule has 0 atom stereocenters. The predicted octanol–water partition coefficient (Wildman–Crippen LogP) is -0.360. The maximum atomic E-state index is 11.5. The standard InChI is InChI=1S/C8H13N3O/c1-6-5-10(2)8(12)11(6)7-3-9-4-7/h5,7,9H,3-4H2,1-2H3. The van der Waals surface area contributed by atoms with E-state index in [4.69, 9.17) is 0 Å². The minimum Gasteiger partial charge on any atom is -0.313 e. The number of aromatic nitrogens is 2. The fraction of sp³-hybridized carbons (Fsp3) is 0.625. The van der Waals surface area contributed by atoms with E-state index in [2.05, 4.69) is 5.32 Å². The minimum absolute atomic E-state index is 0.0963. The molecule has 1 fully saturated rings. The van der Waals surface area contributed by atoms with Crippen LogP contribution in [0.2, 0.25) is 0 Å². The summed E-state index contributed by atoms with van der Waals surface area (Å²) in [7, 11) is 1.79. The highest BCUT2D eigenvalue weighted by Crippen LogP contribution is 2.11. The number of imidazole rings is 1. The number of nitrogens with zero attached hydrogens (tertiary/aromatic N) is 2. The zero-order valence-electron chi connectivity index (χ0n) is 7.37. The van der Waals surface area contributed by atoms with Gasteiger partial charge in [-0.3, -0.25) is 4.57 Å². The van der Waals surface area contributed by atoms with E-state index >= 15 is 0 Å². The van der Waals surface area contributed by atoms with Crippen LogP contribution in [0.5, 0.6) is 0 Å². The van der Waals surface area contributed by atoms with Crippen molar-refractivity contribution in [2.24, 2.45) is 7.05 Å². The predicted molar refractivity (Wildman–Crippen MR) is 46.3 cm³/mol. The van der Waals surface area contributed by atoms with Gasteiger partial charge in [0.2, 0.25) is 0 Å². The van der Waals surface area contributed by atoms with Crippen LogP contribution in [-0.4, -0.2) is 22.2 Å². The molecule has 0 unspecified atom stereocenters. The van der Waals surface area contributed by atoms with Crippen molar-refractivity contribution < 1.29 is 0 Å². The van der Waals surface area contributed by atoms with Gasteiger partial charge in [-0.15, -0.1) is 0 Å². The van der Waals surface area contributed by atoms with Crippen molar-refractivity contribution >= 4 is 0 Å². The number of rotatable bonds is 1. The molecule has 0 aromatic carbocycles. The van der Waals surface area contributed by atoms with Gasteiger partial charge < -0.3 is 9.88 Å². The second-order valence-electron chi connectivity index (χ2n) is 3.35. The van der Waals surface area contributed by atoms with Gasteiger partial charge in [0, 0.05) is 32.0 Å². The van der Waals surface area contributed by atoms with Gasteiger partial charge in [-0.1, -0.05) is 0 Å². The summed E-state index contributed by atoms with van der Waals surface area (Å²) in [5.74, 6) is 0. The molecule has 1 aliphatic rings. The summed E-state index contributed by atoms with van der Waals surface area (Å²) in [4.78, 5) is 11.5. The van der Waals surface area contributed by atoms with Crippen LogP contribution in [0, 0.1) is 6.92 Å². The molecule has 1 aromatic heterocycles. The van der Waals surface area contributed by atoms with E-state index in [0.29, 0.717) is 6.04 Å². The maximum absolute atomic E-state index is 11.5. The average Bonchev–Trinajstić information content (AvgIpc) is 2.13. The van der Waals surface area contributed by atoms with Gasteiger partial charge in [-0.05, 0) is 6.92 Å². The smallest absolute Gasteiger partial charge is 0.313 e. The molecule has 1 aliphatic heterocycles. The SMILES string of the molecule is Cc1cn(C)c(=O)n1C1CNC1. The lowest BCUT2D eigenvalue weighted by Crippen LogP contribution is -2.47. The van der Waals surface area contributed by atoms with Crippen molar-refractivity contribution in [3.8, 4) is 0 Å². The first kappa shape index (κ1) is 7.61. The first-order valence-corrected chi connectivity index (χ1v) is 4.15. The Hall–Kier alpha value is -1.03. The van der Waals surface area contributed by atoms with Gasteiger partial charge in [-0.25, -0.2) is 4.79 Å². The average molecular weight is 167 g/mol. The summed E-state index contributed by atoms with van der Waals surface area (Å²) in [6.45, 7) is 3.81. The molecular formula is C8H13N3O. The molecule has 0 amide bonds. The number of aryl methyl sites for hydroxylation is 2. The number of hydrogen-bond donors (Lipinski definition) is 1. The molecule has 12 heavy (non-hydrogen) atoms. The molecular weight excluding hydrogens is 154 g/mol. The molecule has 0 saturated carbocycles. The lowest BCUT2D eigenvalue weighted by atomic mass is 10.2. The largest absolute Gasteiger partial charge is 0.328 e. The number of hydrogen-bond acceptors (Lipinski definition) is 2. The Bertz CT molecular complexity index is 346. The van der Waals surface area contributed by atoms with Crippen molar-refractivity contribution in [2.75, 3.05) is 13.1 Å². The Morgan fingerprint density at radius 2 is 2.25 bits per heavy atom. The lowest BCUT2D eigenvalue weighted by Gasteiger charge is -2.28. The van der Waals surface area contributed by atoms with E-state index in [-0.39, 0.29) is 5.69 Å². The topological polar surface area (TPSA) is 39.0 Å². The van der Waals surface area contributed by atoms with Gasteiger partial charge in [0.15, 0.2) is 0 Å². The van der Waals surface area contributed by atoms with Crippen molar-refractivity contribution in [3.05, 3.63) is 22.4 Å². The summed E-state index contributed by atoms with van der Waals surface area (Å²) in [6.07, 6.45) is 1.88. The zero-order valence-corrected chi connectivity index (χ0v) is 7.37. The summed E-state index contributed by atoms with van der Waals surface area (Å²) in [6, 6.07) is 0.374. The van der Waals surface area contributed by atoms with Gasteiger partial charge in [0.05, 0.1) is 6.04 Å². The van der Waals surface area contributed by atoms with Crippen molar-refractivity contribution in [1.29, 1.82) is 0 Å². The third kappa shape index (κ3) is 0.914. The summed E-state index contributed by atoms with van der Waals surface area (Å²) in [5, 5.41) is 3.15. The van der Waals surface area contributed by atoms with Crippen molar-refractivity contribution in [3.63, 3.8) is 0 Å². The van der Waals surface area contributed by atoms with Crippen LogP contribution in [0.25, 0.3) is 0 Å². The highest BCUT2D eigenvalue weighted by atomic mass is 16.1. The fourth-order valence-electron chi connectivity index (χ4n) is 1.62. The van der Waals surface area contributed by atoms with E-state index in [9.17, 15) is 4.79 Å². The second-order valence-corrected chi connectivity index (χ2v) is 3.35. The molecule has 0 bridgehead atoms. The van der Waals surface area contributed by atoms with E-state index in [1.54, 1.807) is 11.6 Å². The van der Waals surface area contributed by atoms with Crippen LogP contribution in [0.4, 0.5) is 0 Å². The molecule has 0 radical (unpaired) electrons. The summed E-state index contributed by atoms with van der Waals surface area (Å²) >= 11 is 0. The van der Waals surface area contributed by atoms with Crippen molar-refractivity contribution in [1.82, 2.24) is 14.5 Å². The van der Waals surface area contributed by atoms with Crippen LogP contribution >= 0.6 is 0 Å². The molecule has 2 rings (SSSR count). The van der Waals surface area contributed by atoms with E-state index in [1.165, 1.54) is 0 Å². The number of nitrogens with one attached hydrogen (secondary N) is 1. The molecule has 4 heteroatoms. The lowest BCUT2D eigenvalue weighted by molar-refractivity contribution is 0.330. The third-order valence-corrected chi connectivity index (χ3v) is 2.39. The Morgan fingerprint density at radius 1 is 1.58 bits per heavy atom. The molecule has 2 heterocycles. The minimum atomic E-state index is 0.0963. The first-order chi connectivity index (χ1) is 5.70. The highest BCUT2D eigenvalue weighted by Gasteiger charge is 2.22. The fourth-order valence-corrected chi connectivity index (χ4v) is 1.62. The van der Waals surface area contributed by atoms with Gasteiger partial charge >= 0.3 is 5.69 Å². The highest BCUT2D eigenvalue weighted by molar-refractivity contribution is 5.01. The van der Waals surface area contributed by atoms with Crippen LogP contribution in [-0.2, 0) is 7.05 Å². The quantitative estimate of drug-likeness (QED) is 0.620. The Labute approximate surface area is 70.8 Å². The second kappa shape index (κ2) is 2.48. The third-order valence-electron chi connectivity index (χ3n) is 2.39. The molecule has 1 saturated heterocycles. The van der Waals surface area contributed by atoms with Crippen LogP contribution in [0.15, 0.2) is 11.0 Å². The molecule has 1 N–H and O–H groups in total. The van der Waals surface area contributed by atoms with Crippen molar-refractivity contribution in [2.45, 2.75) is 13.0 Å². The monoisotopic (exact) mass is 167 g/mol. The molecule has 1 aromatic rings. The van der Waals surface area contributed by atoms with Gasteiger partial charge in [-0.2, -0.15) is 0 Å². The maximum Gasteiger partial charge on any atom is 0.328 e. The van der Waals surface area contributed by atoms with E-state index < -0.39 is 0 Å². The molecule has 4 nitrogen and oxygen atoms in total. The summed E-state index contributed by atoms with van der Waals surface area (Å²) in [5.41, 5.74) is 1.15. The Balaban J connectivity index is 2.47. The molecule has 66 valence electrons. The van der Waals surface area contributed by atoms with E-state index in [1.807, 2.05) is 17.7 Å². The normalized spacial score (nSPS) is 17.8. The van der Waals surface area contributed by atoms with Crippen LogP contribution in [0.3, 0.4) is 0 Å². The van der Waals surface area contributed by atoms with E-state index in [0.717, 1.165) is 18.8 Å². The molecule has 0 aliphatic carbocycles. The Kier molecular flexibility index (Phi) is 1.58.